The first-order valence-corrected chi connectivity index (χ1v) is 6.89. The number of hydrogen-bond acceptors (Lipinski definition) is 3. The number of halogens is 3. The van der Waals surface area contributed by atoms with Gasteiger partial charge in [0, 0.05) is 37.8 Å². The van der Waals surface area contributed by atoms with Gasteiger partial charge in [-0.1, -0.05) is 6.08 Å². The van der Waals surface area contributed by atoms with Crippen LogP contribution in [0.1, 0.15) is 23.6 Å². The molecule has 0 aliphatic carbocycles. The Balaban J connectivity index is 2.36. The number of aromatic hydroxyl groups is 1. The minimum Gasteiger partial charge on any atom is -0.508 e. The average molecular weight is 300 g/mol. The normalized spacial score (nSPS) is 18.4. The van der Waals surface area contributed by atoms with Gasteiger partial charge in [-0.05, 0) is 24.6 Å². The molecule has 6 heteroatoms. The van der Waals surface area contributed by atoms with Gasteiger partial charge in [0.1, 0.15) is 5.75 Å². The van der Waals surface area contributed by atoms with Crippen molar-refractivity contribution in [1.82, 2.24) is 10.2 Å². The van der Waals surface area contributed by atoms with Crippen LogP contribution in [0.3, 0.4) is 0 Å². The Morgan fingerprint density at radius 3 is 2.57 bits per heavy atom. The first-order chi connectivity index (χ1) is 9.93. The van der Waals surface area contributed by atoms with Crippen molar-refractivity contribution in [3.05, 3.63) is 42.0 Å². The molecule has 0 radical (unpaired) electrons. The summed E-state index contributed by atoms with van der Waals surface area (Å²) in [4.78, 5) is 2.08. The monoisotopic (exact) mass is 300 g/mol. The van der Waals surface area contributed by atoms with Crippen molar-refractivity contribution in [1.29, 1.82) is 0 Å². The summed E-state index contributed by atoms with van der Waals surface area (Å²) in [6.45, 7) is 6.71. The zero-order valence-corrected chi connectivity index (χ0v) is 11.7. The third-order valence-corrected chi connectivity index (χ3v) is 3.70. The number of nitrogens with one attached hydrogen (secondary N) is 1. The van der Waals surface area contributed by atoms with Crippen LogP contribution in [0.2, 0.25) is 0 Å². The molecule has 2 N–H and O–H groups in total. The minimum atomic E-state index is -4.41. The Labute approximate surface area is 122 Å². The lowest BCUT2D eigenvalue weighted by Crippen LogP contribution is -2.45. The number of rotatable bonds is 4. The summed E-state index contributed by atoms with van der Waals surface area (Å²) in [5.41, 5.74) is -0.425. The molecule has 21 heavy (non-hydrogen) atoms. The van der Waals surface area contributed by atoms with Gasteiger partial charge in [0.2, 0.25) is 0 Å². The number of nitrogens with zero attached hydrogens (tertiary/aromatic N) is 1. The quantitative estimate of drug-likeness (QED) is 0.839. The summed E-state index contributed by atoms with van der Waals surface area (Å²) < 4.78 is 38.6. The van der Waals surface area contributed by atoms with Crippen LogP contribution in [0.15, 0.2) is 30.9 Å². The SMILES string of the molecule is C=CC[C@H](c1cc(C(F)(F)F)ccc1O)N1CCNCC1. The highest BCUT2D eigenvalue weighted by Crippen LogP contribution is 2.37. The van der Waals surface area contributed by atoms with Gasteiger partial charge in [-0.25, -0.2) is 0 Å². The van der Waals surface area contributed by atoms with Crippen LogP contribution in [0.25, 0.3) is 0 Å². The van der Waals surface area contributed by atoms with E-state index in [1.165, 1.54) is 0 Å². The number of hydrogen-bond donors (Lipinski definition) is 2. The van der Waals surface area contributed by atoms with E-state index in [4.69, 9.17) is 0 Å². The van der Waals surface area contributed by atoms with E-state index in [1.807, 2.05) is 0 Å². The number of alkyl halides is 3. The fraction of sp³-hybridized carbons (Fsp3) is 0.467. The molecule has 1 saturated heterocycles. The minimum absolute atomic E-state index is 0.103. The van der Waals surface area contributed by atoms with E-state index in [2.05, 4.69) is 16.8 Å². The van der Waals surface area contributed by atoms with Crippen molar-refractivity contribution in [2.75, 3.05) is 26.2 Å². The summed E-state index contributed by atoms with van der Waals surface area (Å²) in [6.07, 6.45) is -2.24. The maximum absolute atomic E-state index is 12.9. The Bertz CT molecular complexity index is 496. The highest BCUT2D eigenvalue weighted by molar-refractivity contribution is 5.40. The Kier molecular flexibility index (Phi) is 4.90. The second-order valence-electron chi connectivity index (χ2n) is 5.10. The third kappa shape index (κ3) is 3.77. The molecular weight excluding hydrogens is 281 g/mol. The summed E-state index contributed by atoms with van der Waals surface area (Å²) in [7, 11) is 0. The predicted octanol–water partition coefficient (Wildman–Crippen LogP) is 2.93. The van der Waals surface area contributed by atoms with E-state index in [1.54, 1.807) is 6.08 Å². The highest BCUT2D eigenvalue weighted by Gasteiger charge is 2.32. The molecule has 0 unspecified atom stereocenters. The molecule has 1 aromatic rings. The second kappa shape index (κ2) is 6.49. The van der Waals surface area contributed by atoms with E-state index in [0.29, 0.717) is 12.0 Å². The maximum Gasteiger partial charge on any atom is 0.416 e. The van der Waals surface area contributed by atoms with Crippen LogP contribution in [-0.2, 0) is 6.18 Å². The number of phenolic OH excluding ortho intramolecular Hbond substituents is 1. The standard InChI is InChI=1S/C15H19F3N2O/c1-2-3-13(20-8-6-19-7-9-20)12-10-11(15(16,17)18)4-5-14(12)21/h2,4-5,10,13,19,21H,1,3,6-9H2/t13-/m1/s1. The van der Waals surface area contributed by atoms with E-state index in [9.17, 15) is 18.3 Å². The molecule has 3 nitrogen and oxygen atoms in total. The summed E-state index contributed by atoms with van der Waals surface area (Å²) in [5.74, 6) is -0.103. The van der Waals surface area contributed by atoms with E-state index < -0.39 is 11.7 Å². The van der Waals surface area contributed by atoms with Crippen LogP contribution < -0.4 is 5.32 Å². The molecule has 0 amide bonds. The molecule has 2 rings (SSSR count). The molecule has 116 valence electrons. The first-order valence-electron chi connectivity index (χ1n) is 6.89. The van der Waals surface area contributed by atoms with Crippen LogP contribution >= 0.6 is 0 Å². The van der Waals surface area contributed by atoms with Crippen molar-refractivity contribution in [3.8, 4) is 5.75 Å². The molecule has 1 aliphatic heterocycles. The maximum atomic E-state index is 12.9. The van der Waals surface area contributed by atoms with Crippen molar-refractivity contribution in [2.24, 2.45) is 0 Å². The van der Waals surface area contributed by atoms with Gasteiger partial charge in [0.05, 0.1) is 5.56 Å². The highest BCUT2D eigenvalue weighted by atomic mass is 19.4. The Morgan fingerprint density at radius 1 is 1.33 bits per heavy atom. The fourth-order valence-corrected chi connectivity index (χ4v) is 2.62. The molecule has 1 fully saturated rings. The van der Waals surface area contributed by atoms with Gasteiger partial charge >= 0.3 is 6.18 Å². The van der Waals surface area contributed by atoms with Gasteiger partial charge in [-0.3, -0.25) is 4.90 Å². The summed E-state index contributed by atoms with van der Waals surface area (Å²) in [6, 6.07) is 2.79. The molecule has 1 heterocycles. The topological polar surface area (TPSA) is 35.5 Å². The molecular formula is C15H19F3N2O. The molecule has 1 aromatic carbocycles. The molecule has 0 spiro atoms. The van der Waals surface area contributed by atoms with Crippen LogP contribution in [0.4, 0.5) is 13.2 Å². The van der Waals surface area contributed by atoms with Crippen molar-refractivity contribution >= 4 is 0 Å². The molecule has 1 aliphatic rings. The van der Waals surface area contributed by atoms with Gasteiger partial charge < -0.3 is 10.4 Å². The number of piperazine rings is 1. The number of phenols is 1. The van der Waals surface area contributed by atoms with Gasteiger partial charge in [0.25, 0.3) is 0 Å². The van der Waals surface area contributed by atoms with E-state index in [0.717, 1.165) is 44.4 Å². The van der Waals surface area contributed by atoms with Crippen molar-refractivity contribution < 1.29 is 18.3 Å². The smallest absolute Gasteiger partial charge is 0.416 e. The fourth-order valence-electron chi connectivity index (χ4n) is 2.62. The molecule has 0 bridgehead atoms. The van der Waals surface area contributed by atoms with Gasteiger partial charge in [-0.15, -0.1) is 6.58 Å². The molecule has 0 saturated carbocycles. The van der Waals surface area contributed by atoms with Crippen LogP contribution in [0.5, 0.6) is 5.75 Å². The average Bonchev–Trinajstić information content (AvgIpc) is 2.45. The zero-order valence-electron chi connectivity index (χ0n) is 11.7. The Hall–Kier alpha value is -1.53. The van der Waals surface area contributed by atoms with Gasteiger partial charge in [0.15, 0.2) is 0 Å². The lowest BCUT2D eigenvalue weighted by Gasteiger charge is -2.35. The lowest BCUT2D eigenvalue weighted by molar-refractivity contribution is -0.137. The van der Waals surface area contributed by atoms with Crippen LogP contribution in [-0.4, -0.2) is 36.2 Å². The van der Waals surface area contributed by atoms with Crippen LogP contribution in [0, 0.1) is 0 Å². The molecule has 1 atom stereocenters. The largest absolute Gasteiger partial charge is 0.508 e. The summed E-state index contributed by atoms with van der Waals surface area (Å²) in [5, 5.41) is 13.2. The van der Waals surface area contributed by atoms with Crippen molar-refractivity contribution in [3.63, 3.8) is 0 Å². The summed E-state index contributed by atoms with van der Waals surface area (Å²) >= 11 is 0. The van der Waals surface area contributed by atoms with Gasteiger partial charge in [-0.2, -0.15) is 13.2 Å². The third-order valence-electron chi connectivity index (χ3n) is 3.70. The first kappa shape index (κ1) is 15.9. The van der Waals surface area contributed by atoms with E-state index in [-0.39, 0.29) is 11.8 Å². The second-order valence-corrected chi connectivity index (χ2v) is 5.10. The zero-order chi connectivity index (χ0) is 15.5. The van der Waals surface area contributed by atoms with Crippen molar-refractivity contribution in [2.45, 2.75) is 18.6 Å². The number of benzene rings is 1. The van der Waals surface area contributed by atoms with E-state index >= 15 is 0 Å². The Morgan fingerprint density at radius 2 is 2.00 bits per heavy atom. The molecule has 0 aromatic heterocycles. The predicted molar refractivity (Wildman–Crippen MR) is 75.1 cm³/mol. The lowest BCUT2D eigenvalue weighted by atomic mass is 9.97.